The van der Waals surface area contributed by atoms with Crippen molar-refractivity contribution in [3.63, 3.8) is 0 Å². The predicted molar refractivity (Wildman–Crippen MR) is 195 cm³/mol. The fourth-order valence-electron chi connectivity index (χ4n) is 6.39. The smallest absolute Gasteiger partial charge is 0.258 e. The van der Waals surface area contributed by atoms with Crippen LogP contribution in [0.5, 0.6) is 5.75 Å². The average Bonchev–Trinajstić information content (AvgIpc) is 3.40. The molecule has 0 unspecified atom stereocenters. The molecule has 1 saturated carbocycles. The fourth-order valence-corrected chi connectivity index (χ4v) is 6.39. The van der Waals surface area contributed by atoms with Crippen LogP contribution in [0.2, 0.25) is 0 Å². The highest BCUT2D eigenvalue weighted by atomic mass is 35.5. The van der Waals surface area contributed by atoms with Crippen LogP contribution in [0, 0.1) is 12.3 Å². The van der Waals surface area contributed by atoms with Crippen LogP contribution in [0.15, 0.2) is 66.7 Å². The summed E-state index contributed by atoms with van der Waals surface area (Å²) in [5.41, 5.74) is 10.0. The molecule has 2 amide bonds. The number of anilines is 1. The van der Waals surface area contributed by atoms with E-state index in [2.05, 4.69) is 10.6 Å². The van der Waals surface area contributed by atoms with Gasteiger partial charge in [-0.05, 0) is 100 Å². The van der Waals surface area contributed by atoms with Crippen molar-refractivity contribution in [3.8, 4) is 5.75 Å². The maximum atomic E-state index is 14.1. The molecule has 256 valence electrons. The first-order valence-corrected chi connectivity index (χ1v) is 16.3. The molecule has 4 aromatic rings. The van der Waals surface area contributed by atoms with Crippen molar-refractivity contribution < 1.29 is 14.3 Å². The Labute approximate surface area is 294 Å². The number of carbonyl (C=O) groups excluding carboxylic acids is 2. The molecule has 1 aliphatic heterocycles. The molecule has 10 nitrogen and oxygen atoms in total. The normalized spacial score (nSPS) is 15.2. The molecule has 2 aliphatic rings. The van der Waals surface area contributed by atoms with E-state index in [-0.39, 0.29) is 67.7 Å². The molecule has 3 aromatic carbocycles. The van der Waals surface area contributed by atoms with Crippen molar-refractivity contribution in [1.82, 2.24) is 20.2 Å². The number of halogens is 2. The molecule has 48 heavy (non-hydrogen) atoms. The SMILES string of the molecule is Cc1ccc(C(=O)N(Cc2nc3cc(C(=N)N)ccc3n2CC(=O)NC2CCCCC2)c2ccc(OC3CCNCC3)cc2)cc1.Cl.Cl. The molecule has 6 rings (SSSR count). The Hall–Kier alpha value is -4.12. The van der Waals surface area contributed by atoms with Gasteiger partial charge in [-0.1, -0.05) is 37.0 Å². The molecule has 12 heteroatoms. The first kappa shape index (κ1) is 36.7. The quantitative estimate of drug-likeness (QED) is 0.121. The second-order valence-electron chi connectivity index (χ2n) is 12.5. The van der Waals surface area contributed by atoms with Gasteiger partial charge >= 0.3 is 0 Å². The molecule has 2 heterocycles. The summed E-state index contributed by atoms with van der Waals surface area (Å²) in [5, 5.41) is 14.5. The molecule has 0 atom stereocenters. The van der Waals surface area contributed by atoms with Crippen LogP contribution in [-0.2, 0) is 17.9 Å². The molecule has 1 aromatic heterocycles. The van der Waals surface area contributed by atoms with Gasteiger partial charge < -0.3 is 30.6 Å². The summed E-state index contributed by atoms with van der Waals surface area (Å²) in [5.74, 6) is 1.00. The van der Waals surface area contributed by atoms with Crippen LogP contribution in [-0.4, -0.2) is 52.4 Å². The highest BCUT2D eigenvalue weighted by Gasteiger charge is 2.24. The van der Waals surface area contributed by atoms with Gasteiger partial charge in [0.2, 0.25) is 5.91 Å². The molecular weight excluding hydrogens is 649 g/mol. The van der Waals surface area contributed by atoms with Crippen molar-refractivity contribution >= 4 is 59.2 Å². The van der Waals surface area contributed by atoms with Crippen LogP contribution >= 0.6 is 24.8 Å². The van der Waals surface area contributed by atoms with E-state index >= 15 is 0 Å². The van der Waals surface area contributed by atoms with E-state index in [1.54, 1.807) is 17.0 Å². The molecular formula is C36H45Cl2N7O3. The van der Waals surface area contributed by atoms with Gasteiger partial charge in [-0.25, -0.2) is 4.98 Å². The number of rotatable bonds is 10. The lowest BCUT2D eigenvalue weighted by atomic mass is 9.95. The number of aromatic nitrogens is 2. The van der Waals surface area contributed by atoms with Gasteiger partial charge in [0, 0.05) is 22.9 Å². The second kappa shape index (κ2) is 16.8. The summed E-state index contributed by atoms with van der Waals surface area (Å²) in [6, 6.07) is 20.7. The van der Waals surface area contributed by atoms with E-state index in [0.29, 0.717) is 28.2 Å². The van der Waals surface area contributed by atoms with Gasteiger partial charge in [-0.3, -0.25) is 15.0 Å². The van der Waals surface area contributed by atoms with E-state index < -0.39 is 0 Å². The molecule has 5 N–H and O–H groups in total. The van der Waals surface area contributed by atoms with Crippen molar-refractivity contribution in [2.45, 2.75) is 77.1 Å². The lowest BCUT2D eigenvalue weighted by Gasteiger charge is -2.26. The Bertz CT molecular complexity index is 1700. The molecule has 0 bridgehead atoms. The minimum absolute atomic E-state index is 0. The number of hydrogen-bond donors (Lipinski definition) is 4. The van der Waals surface area contributed by atoms with Gasteiger partial charge in [0.1, 0.15) is 30.1 Å². The van der Waals surface area contributed by atoms with Gasteiger partial charge in [0.05, 0.1) is 17.6 Å². The van der Waals surface area contributed by atoms with E-state index in [1.165, 1.54) is 6.42 Å². The Balaban J connectivity index is 0.00000260. The number of benzene rings is 3. The molecule has 0 spiro atoms. The molecule has 1 aliphatic carbocycles. The van der Waals surface area contributed by atoms with Crippen molar-refractivity contribution in [2.75, 3.05) is 18.0 Å². The summed E-state index contributed by atoms with van der Waals surface area (Å²) in [4.78, 5) is 34.1. The number of nitrogens with two attached hydrogens (primary N) is 1. The topological polar surface area (TPSA) is 138 Å². The number of aryl methyl sites for hydroxylation is 1. The van der Waals surface area contributed by atoms with Crippen LogP contribution in [0.4, 0.5) is 5.69 Å². The highest BCUT2D eigenvalue weighted by Crippen LogP contribution is 2.27. The number of imidazole rings is 1. The zero-order valence-electron chi connectivity index (χ0n) is 27.2. The van der Waals surface area contributed by atoms with Gasteiger partial charge in [0.25, 0.3) is 5.91 Å². The lowest BCUT2D eigenvalue weighted by Crippen LogP contribution is -2.39. The van der Waals surface area contributed by atoms with E-state index in [4.69, 9.17) is 20.9 Å². The number of ether oxygens (including phenoxy) is 1. The summed E-state index contributed by atoms with van der Waals surface area (Å²) in [7, 11) is 0. The second-order valence-corrected chi connectivity index (χ2v) is 12.5. The molecule has 0 radical (unpaired) electrons. The first-order chi connectivity index (χ1) is 22.3. The summed E-state index contributed by atoms with van der Waals surface area (Å²) in [6.45, 7) is 4.06. The zero-order chi connectivity index (χ0) is 32.0. The van der Waals surface area contributed by atoms with Crippen LogP contribution in [0.3, 0.4) is 0 Å². The minimum atomic E-state index is -0.179. The number of amidine groups is 1. The van der Waals surface area contributed by atoms with Gasteiger partial charge in [0.15, 0.2) is 0 Å². The number of fused-ring (bicyclic) bond motifs is 1. The van der Waals surface area contributed by atoms with E-state index in [0.717, 1.165) is 68.4 Å². The summed E-state index contributed by atoms with van der Waals surface area (Å²) < 4.78 is 8.11. The third kappa shape index (κ3) is 8.86. The predicted octanol–water partition coefficient (Wildman–Crippen LogP) is 5.90. The standard InChI is InChI=1S/C36H43N7O3.2ClH/c1-24-7-9-25(10-8-24)36(45)42(28-12-14-29(15-13-28)46-30-17-19-39-20-18-30)22-33-41-31-21-26(35(37)38)11-16-32(31)43(33)23-34(44)40-27-5-3-2-4-6-27;;/h7-16,21,27,30,39H,2-6,17-20,22-23H2,1H3,(H3,37,38)(H,40,44);2*1H. The Morgan fingerprint density at radius 1 is 0.958 bits per heavy atom. The van der Waals surface area contributed by atoms with Crippen molar-refractivity contribution in [3.05, 3.63) is 89.2 Å². The summed E-state index contributed by atoms with van der Waals surface area (Å²) >= 11 is 0. The number of piperidine rings is 1. The Morgan fingerprint density at radius 3 is 2.29 bits per heavy atom. The molecule has 1 saturated heterocycles. The molecule has 2 fully saturated rings. The lowest BCUT2D eigenvalue weighted by molar-refractivity contribution is -0.122. The van der Waals surface area contributed by atoms with Crippen LogP contribution in [0.25, 0.3) is 11.0 Å². The third-order valence-corrected chi connectivity index (χ3v) is 8.99. The van der Waals surface area contributed by atoms with Gasteiger partial charge in [-0.2, -0.15) is 0 Å². The number of carbonyl (C=O) groups is 2. The van der Waals surface area contributed by atoms with Gasteiger partial charge in [-0.15, -0.1) is 24.8 Å². The maximum absolute atomic E-state index is 14.1. The summed E-state index contributed by atoms with van der Waals surface area (Å²) in [6.07, 6.45) is 7.49. The number of nitrogens with one attached hydrogen (secondary N) is 3. The zero-order valence-corrected chi connectivity index (χ0v) is 28.9. The fraction of sp³-hybridized carbons (Fsp3) is 0.389. The first-order valence-electron chi connectivity index (χ1n) is 16.3. The van der Waals surface area contributed by atoms with Crippen LogP contribution < -0.4 is 26.0 Å². The Morgan fingerprint density at radius 2 is 1.62 bits per heavy atom. The number of hydrogen-bond acceptors (Lipinski definition) is 6. The third-order valence-electron chi connectivity index (χ3n) is 8.99. The number of nitrogen functional groups attached to an aromatic ring is 1. The van der Waals surface area contributed by atoms with Crippen molar-refractivity contribution in [2.24, 2.45) is 5.73 Å². The van der Waals surface area contributed by atoms with Crippen molar-refractivity contribution in [1.29, 1.82) is 5.41 Å². The number of amides is 2. The van der Waals surface area contributed by atoms with Crippen LogP contribution in [0.1, 0.15) is 72.3 Å². The highest BCUT2D eigenvalue weighted by molar-refractivity contribution is 6.06. The monoisotopic (exact) mass is 693 g/mol. The minimum Gasteiger partial charge on any atom is -0.490 e. The maximum Gasteiger partial charge on any atom is 0.258 e. The largest absolute Gasteiger partial charge is 0.490 e. The number of nitrogens with zero attached hydrogens (tertiary/aromatic N) is 3. The Kier molecular flexibility index (Phi) is 12.9. The van der Waals surface area contributed by atoms with E-state index in [9.17, 15) is 9.59 Å². The van der Waals surface area contributed by atoms with E-state index in [1.807, 2.05) is 66.1 Å². The average molecular weight is 695 g/mol.